The summed E-state index contributed by atoms with van der Waals surface area (Å²) in [5, 5.41) is 0. The Morgan fingerprint density at radius 1 is 1.35 bits per heavy atom. The molecule has 17 heavy (non-hydrogen) atoms. The van der Waals surface area contributed by atoms with Gasteiger partial charge in [0.05, 0.1) is 6.61 Å². The molecule has 1 aromatic heterocycles. The molecular formula is C14H22ClNO. The summed E-state index contributed by atoms with van der Waals surface area (Å²) < 4.78 is 5.74. The van der Waals surface area contributed by atoms with E-state index in [1.54, 1.807) is 0 Å². The maximum absolute atomic E-state index is 5.86. The minimum absolute atomic E-state index is 0.510. The van der Waals surface area contributed by atoms with Crippen LogP contribution in [-0.2, 0) is 12.3 Å². The second-order valence-electron chi connectivity index (χ2n) is 4.50. The van der Waals surface area contributed by atoms with Crippen molar-refractivity contribution >= 4 is 11.6 Å². The molecule has 0 aliphatic heterocycles. The smallest absolute Gasteiger partial charge is 0.213 e. The fraction of sp³-hybridized carbons (Fsp3) is 0.643. The zero-order valence-electron chi connectivity index (χ0n) is 11.0. The Balaban J connectivity index is 2.63. The second-order valence-corrected chi connectivity index (χ2v) is 4.76. The average molecular weight is 256 g/mol. The Kier molecular flexibility index (Phi) is 6.35. The van der Waals surface area contributed by atoms with E-state index in [1.165, 1.54) is 12.8 Å². The van der Waals surface area contributed by atoms with Crippen molar-refractivity contribution in [2.75, 3.05) is 6.61 Å². The number of halogens is 1. The van der Waals surface area contributed by atoms with E-state index >= 15 is 0 Å². The third-order valence-corrected chi connectivity index (χ3v) is 3.04. The van der Waals surface area contributed by atoms with Crippen LogP contribution in [0.2, 0.25) is 0 Å². The first-order chi connectivity index (χ1) is 8.19. The summed E-state index contributed by atoms with van der Waals surface area (Å²) in [4.78, 5) is 4.45. The molecule has 0 fully saturated rings. The van der Waals surface area contributed by atoms with Gasteiger partial charge in [-0.15, -0.1) is 11.6 Å². The molecule has 96 valence electrons. The highest BCUT2D eigenvalue weighted by molar-refractivity contribution is 6.17. The molecule has 0 saturated carbocycles. The Hall–Kier alpha value is -0.760. The summed E-state index contributed by atoms with van der Waals surface area (Å²) in [6.45, 7) is 7.22. The van der Waals surface area contributed by atoms with E-state index in [4.69, 9.17) is 16.3 Å². The van der Waals surface area contributed by atoms with Crippen molar-refractivity contribution in [1.82, 2.24) is 4.98 Å². The summed E-state index contributed by atoms with van der Waals surface area (Å²) >= 11 is 5.86. The van der Waals surface area contributed by atoms with Gasteiger partial charge in [-0.25, -0.2) is 4.98 Å². The summed E-state index contributed by atoms with van der Waals surface area (Å²) in [5.41, 5.74) is 2.12. The fourth-order valence-corrected chi connectivity index (χ4v) is 1.91. The van der Waals surface area contributed by atoms with Crippen LogP contribution in [0.3, 0.4) is 0 Å². The Bertz CT molecular complexity index is 319. The molecule has 1 atom stereocenters. The highest BCUT2D eigenvalue weighted by Gasteiger charge is 2.05. The van der Waals surface area contributed by atoms with Crippen molar-refractivity contribution in [3.8, 4) is 5.88 Å². The maximum atomic E-state index is 5.86. The molecule has 0 N–H and O–H groups in total. The van der Waals surface area contributed by atoms with Crippen molar-refractivity contribution in [2.45, 2.75) is 45.9 Å². The van der Waals surface area contributed by atoms with E-state index in [0.29, 0.717) is 17.7 Å². The van der Waals surface area contributed by atoms with Crippen LogP contribution in [0.25, 0.3) is 0 Å². The average Bonchev–Trinajstić information content (AvgIpc) is 2.36. The lowest BCUT2D eigenvalue weighted by Gasteiger charge is -2.12. The lowest BCUT2D eigenvalue weighted by molar-refractivity contribution is 0.242. The number of alkyl halides is 1. The zero-order valence-corrected chi connectivity index (χ0v) is 11.8. The van der Waals surface area contributed by atoms with E-state index in [0.717, 1.165) is 24.3 Å². The highest BCUT2D eigenvalue weighted by atomic mass is 35.5. The molecule has 0 bridgehead atoms. The summed E-state index contributed by atoms with van der Waals surface area (Å²) in [6.07, 6.45) is 3.29. The molecule has 0 aliphatic carbocycles. The maximum Gasteiger partial charge on any atom is 0.213 e. The van der Waals surface area contributed by atoms with Crippen molar-refractivity contribution in [3.05, 3.63) is 23.4 Å². The van der Waals surface area contributed by atoms with Crippen molar-refractivity contribution in [2.24, 2.45) is 5.92 Å². The Morgan fingerprint density at radius 2 is 2.12 bits per heavy atom. The van der Waals surface area contributed by atoms with Crippen LogP contribution in [0.1, 0.15) is 44.9 Å². The molecule has 3 heteroatoms. The van der Waals surface area contributed by atoms with Gasteiger partial charge in [-0.2, -0.15) is 0 Å². The van der Waals surface area contributed by atoms with Crippen LogP contribution in [0.5, 0.6) is 5.88 Å². The van der Waals surface area contributed by atoms with E-state index in [1.807, 2.05) is 12.1 Å². The van der Waals surface area contributed by atoms with E-state index in [9.17, 15) is 0 Å². The molecule has 1 rings (SSSR count). The van der Waals surface area contributed by atoms with E-state index in [-0.39, 0.29) is 0 Å². The van der Waals surface area contributed by atoms with Gasteiger partial charge in [0.25, 0.3) is 0 Å². The standard InChI is InChI=1S/C14H22ClNO/c1-4-6-11(3)10-17-14-8-12(9-15)7-13(5-2)16-14/h7-8,11H,4-6,9-10H2,1-3H3. The number of ether oxygens (including phenoxy) is 1. The summed E-state index contributed by atoms with van der Waals surface area (Å²) in [7, 11) is 0. The first-order valence-electron chi connectivity index (χ1n) is 6.38. The minimum Gasteiger partial charge on any atom is -0.477 e. The van der Waals surface area contributed by atoms with E-state index in [2.05, 4.69) is 25.8 Å². The number of aromatic nitrogens is 1. The largest absolute Gasteiger partial charge is 0.477 e. The molecule has 0 radical (unpaired) electrons. The third-order valence-electron chi connectivity index (χ3n) is 2.73. The monoisotopic (exact) mass is 255 g/mol. The predicted octanol–water partition coefficient (Wildman–Crippen LogP) is 4.20. The quantitative estimate of drug-likeness (QED) is 0.682. The number of nitrogens with zero attached hydrogens (tertiary/aromatic N) is 1. The molecule has 2 nitrogen and oxygen atoms in total. The van der Waals surface area contributed by atoms with Gasteiger partial charge in [0, 0.05) is 17.6 Å². The first-order valence-corrected chi connectivity index (χ1v) is 6.91. The van der Waals surface area contributed by atoms with Crippen LogP contribution >= 0.6 is 11.6 Å². The van der Waals surface area contributed by atoms with Crippen molar-refractivity contribution in [3.63, 3.8) is 0 Å². The topological polar surface area (TPSA) is 22.1 Å². The molecule has 0 saturated heterocycles. The number of hydrogen-bond donors (Lipinski definition) is 0. The predicted molar refractivity (Wildman–Crippen MR) is 72.7 cm³/mol. The normalized spacial score (nSPS) is 12.5. The number of hydrogen-bond acceptors (Lipinski definition) is 2. The van der Waals surface area contributed by atoms with Crippen LogP contribution in [0.4, 0.5) is 0 Å². The van der Waals surface area contributed by atoms with Gasteiger partial charge in [-0.05, 0) is 30.4 Å². The van der Waals surface area contributed by atoms with Gasteiger partial charge >= 0.3 is 0 Å². The van der Waals surface area contributed by atoms with Gasteiger partial charge in [-0.3, -0.25) is 0 Å². The summed E-state index contributed by atoms with van der Waals surface area (Å²) in [5.74, 6) is 1.80. The van der Waals surface area contributed by atoms with Gasteiger partial charge in [0.2, 0.25) is 5.88 Å². The first kappa shape index (κ1) is 14.3. The van der Waals surface area contributed by atoms with Gasteiger partial charge < -0.3 is 4.74 Å². The second kappa shape index (κ2) is 7.54. The van der Waals surface area contributed by atoms with Gasteiger partial charge in [0.1, 0.15) is 0 Å². The summed E-state index contributed by atoms with van der Waals surface area (Å²) in [6, 6.07) is 3.97. The molecule has 0 spiro atoms. The lowest BCUT2D eigenvalue weighted by Crippen LogP contribution is -2.09. The van der Waals surface area contributed by atoms with E-state index < -0.39 is 0 Å². The fourth-order valence-electron chi connectivity index (χ4n) is 1.76. The molecule has 0 aromatic carbocycles. The molecule has 0 aliphatic rings. The molecule has 1 heterocycles. The lowest BCUT2D eigenvalue weighted by atomic mass is 10.1. The SMILES string of the molecule is CCCC(C)COc1cc(CCl)cc(CC)n1. The zero-order chi connectivity index (χ0) is 12.7. The minimum atomic E-state index is 0.510. The van der Waals surface area contributed by atoms with Crippen LogP contribution in [-0.4, -0.2) is 11.6 Å². The highest BCUT2D eigenvalue weighted by Crippen LogP contribution is 2.16. The van der Waals surface area contributed by atoms with Gasteiger partial charge in [0.15, 0.2) is 0 Å². The van der Waals surface area contributed by atoms with Crippen molar-refractivity contribution in [1.29, 1.82) is 0 Å². The van der Waals surface area contributed by atoms with Crippen molar-refractivity contribution < 1.29 is 4.74 Å². The molecule has 1 aromatic rings. The molecular weight excluding hydrogens is 234 g/mol. The number of aryl methyl sites for hydroxylation is 1. The van der Waals surface area contributed by atoms with Crippen LogP contribution in [0, 0.1) is 5.92 Å². The Morgan fingerprint density at radius 3 is 2.71 bits per heavy atom. The van der Waals surface area contributed by atoms with Gasteiger partial charge in [-0.1, -0.05) is 27.2 Å². The molecule has 1 unspecified atom stereocenters. The number of pyridine rings is 1. The molecule has 0 amide bonds. The van der Waals surface area contributed by atoms with Crippen LogP contribution < -0.4 is 4.74 Å². The van der Waals surface area contributed by atoms with Crippen LogP contribution in [0.15, 0.2) is 12.1 Å². The Labute approximate surface area is 109 Å². The number of rotatable bonds is 7. The third kappa shape index (κ3) is 4.95.